The second-order valence-corrected chi connectivity index (χ2v) is 10.4. The average molecular weight is 529 g/mol. The van der Waals surface area contributed by atoms with Crippen LogP contribution in [0.5, 0.6) is 0 Å². The summed E-state index contributed by atoms with van der Waals surface area (Å²) in [4.78, 5) is 32.0. The lowest BCUT2D eigenvalue weighted by molar-refractivity contribution is 0.101. The number of aromatic nitrogens is 1. The van der Waals surface area contributed by atoms with E-state index in [0.29, 0.717) is 27.5 Å². The third-order valence-corrected chi connectivity index (χ3v) is 7.21. The monoisotopic (exact) mass is 528 g/mol. The zero-order valence-corrected chi connectivity index (χ0v) is 21.4. The van der Waals surface area contributed by atoms with Crippen molar-refractivity contribution in [1.82, 2.24) is 14.8 Å². The van der Waals surface area contributed by atoms with Crippen LogP contribution < -0.4 is 21.0 Å². The van der Waals surface area contributed by atoms with Gasteiger partial charge < -0.3 is 15.5 Å². The van der Waals surface area contributed by atoms with Crippen LogP contribution in [0.25, 0.3) is 0 Å². The second-order valence-electron chi connectivity index (χ2n) is 7.61. The number of hydrogen-bond acceptors (Lipinski definition) is 8. The molecule has 11 heteroatoms. The highest BCUT2D eigenvalue weighted by Crippen LogP contribution is 2.27. The zero-order chi connectivity index (χ0) is 24.6. The van der Waals surface area contributed by atoms with Crippen LogP contribution in [0.3, 0.4) is 0 Å². The van der Waals surface area contributed by atoms with Crippen LogP contribution in [0.4, 0.5) is 17.2 Å². The molecule has 0 atom stereocenters. The first-order chi connectivity index (χ1) is 17.0. The highest BCUT2D eigenvalue weighted by atomic mass is 35.5. The molecule has 2 amide bonds. The molecule has 1 aliphatic rings. The Bertz CT molecular complexity index is 1170. The fourth-order valence-electron chi connectivity index (χ4n) is 3.49. The molecule has 1 aliphatic heterocycles. The number of rotatable bonds is 7. The SMILES string of the molecule is CSSN1CCN(c2ccc(C(=O)Nc3ccc(Cl)c(NC(=O)c4ccccc4)c3)cn2)CCN1. The van der Waals surface area contributed by atoms with Crippen LogP contribution >= 0.6 is 33.4 Å². The molecule has 182 valence electrons. The summed E-state index contributed by atoms with van der Waals surface area (Å²) in [6, 6.07) is 17.4. The van der Waals surface area contributed by atoms with Gasteiger partial charge >= 0.3 is 0 Å². The Labute approximate surface area is 217 Å². The number of amides is 2. The van der Waals surface area contributed by atoms with Gasteiger partial charge in [-0.3, -0.25) is 9.59 Å². The molecule has 0 spiro atoms. The summed E-state index contributed by atoms with van der Waals surface area (Å²) in [6.07, 6.45) is 3.62. The van der Waals surface area contributed by atoms with Gasteiger partial charge in [-0.15, -0.1) is 0 Å². The van der Waals surface area contributed by atoms with Crippen molar-refractivity contribution in [2.24, 2.45) is 0 Å². The van der Waals surface area contributed by atoms with Crippen LogP contribution in [-0.4, -0.2) is 53.6 Å². The standard InChI is InChI=1S/C24H25ClN6O2S2/c1-34-35-31-14-13-30(12-11-27-31)22-10-7-18(16-26-22)24(33)28-19-8-9-20(25)21(15-19)29-23(32)17-5-3-2-4-6-17/h2-10,15-16,27H,11-14H2,1H3,(H,28,33)(H,29,32). The molecule has 2 aromatic carbocycles. The van der Waals surface area contributed by atoms with Gasteiger partial charge in [0, 0.05) is 54.6 Å². The average Bonchev–Trinajstić information content (AvgIpc) is 3.12. The number of pyridine rings is 1. The number of hydrogen-bond donors (Lipinski definition) is 3. The van der Waals surface area contributed by atoms with E-state index in [-0.39, 0.29) is 11.8 Å². The first kappa shape index (κ1) is 25.3. The van der Waals surface area contributed by atoms with Gasteiger partial charge in [0.2, 0.25) is 0 Å². The lowest BCUT2D eigenvalue weighted by atomic mass is 10.2. The maximum absolute atomic E-state index is 12.8. The van der Waals surface area contributed by atoms with Crippen molar-refractivity contribution in [2.45, 2.75) is 0 Å². The molecule has 0 radical (unpaired) electrons. The van der Waals surface area contributed by atoms with E-state index in [1.807, 2.05) is 18.4 Å². The topological polar surface area (TPSA) is 89.6 Å². The number of carbonyl (C=O) groups is 2. The van der Waals surface area contributed by atoms with Gasteiger partial charge in [-0.2, -0.15) is 4.41 Å². The number of benzene rings is 2. The van der Waals surface area contributed by atoms with Crippen LogP contribution in [0.2, 0.25) is 5.02 Å². The first-order valence-corrected chi connectivity index (χ1v) is 13.8. The van der Waals surface area contributed by atoms with E-state index in [1.165, 1.54) is 0 Å². The first-order valence-electron chi connectivity index (χ1n) is 10.9. The van der Waals surface area contributed by atoms with E-state index >= 15 is 0 Å². The van der Waals surface area contributed by atoms with E-state index < -0.39 is 0 Å². The van der Waals surface area contributed by atoms with Crippen LogP contribution in [0.15, 0.2) is 66.9 Å². The third-order valence-electron chi connectivity index (χ3n) is 5.25. The normalized spacial score (nSPS) is 14.3. The Morgan fingerprint density at radius 1 is 0.971 bits per heavy atom. The molecule has 2 heterocycles. The maximum Gasteiger partial charge on any atom is 0.257 e. The van der Waals surface area contributed by atoms with Crippen molar-refractivity contribution in [3.8, 4) is 0 Å². The predicted molar refractivity (Wildman–Crippen MR) is 146 cm³/mol. The number of carbonyl (C=O) groups excluding carboxylic acids is 2. The van der Waals surface area contributed by atoms with Crippen LogP contribution in [0.1, 0.15) is 20.7 Å². The van der Waals surface area contributed by atoms with Crippen molar-refractivity contribution in [2.75, 3.05) is 48.0 Å². The minimum atomic E-state index is -0.299. The molecule has 0 bridgehead atoms. The Balaban J connectivity index is 1.39. The van der Waals surface area contributed by atoms with Crippen molar-refractivity contribution in [1.29, 1.82) is 0 Å². The summed E-state index contributed by atoms with van der Waals surface area (Å²) < 4.78 is 2.12. The summed E-state index contributed by atoms with van der Waals surface area (Å²) in [5.41, 5.74) is 5.25. The smallest absolute Gasteiger partial charge is 0.257 e. The van der Waals surface area contributed by atoms with Crippen molar-refractivity contribution in [3.63, 3.8) is 0 Å². The summed E-state index contributed by atoms with van der Waals surface area (Å²) in [5.74, 6) is 0.248. The Hall–Kier alpha value is -2.76. The number of hydrazine groups is 1. The summed E-state index contributed by atoms with van der Waals surface area (Å²) in [6.45, 7) is 3.33. The number of nitrogens with zero attached hydrogens (tertiary/aromatic N) is 3. The van der Waals surface area contributed by atoms with Gasteiger partial charge in [-0.25, -0.2) is 10.4 Å². The predicted octanol–water partition coefficient (Wildman–Crippen LogP) is 4.79. The lowest BCUT2D eigenvalue weighted by Crippen LogP contribution is -2.32. The van der Waals surface area contributed by atoms with Gasteiger partial charge in [0.15, 0.2) is 0 Å². The molecule has 3 N–H and O–H groups in total. The van der Waals surface area contributed by atoms with E-state index in [0.717, 1.165) is 32.0 Å². The van der Waals surface area contributed by atoms with E-state index in [2.05, 4.69) is 30.4 Å². The van der Waals surface area contributed by atoms with Crippen molar-refractivity contribution < 1.29 is 9.59 Å². The lowest BCUT2D eigenvalue weighted by Gasteiger charge is -2.21. The second kappa shape index (κ2) is 12.3. The Morgan fingerprint density at radius 2 is 1.77 bits per heavy atom. The van der Waals surface area contributed by atoms with Gasteiger partial charge in [-0.1, -0.05) is 40.6 Å². The largest absolute Gasteiger partial charge is 0.354 e. The van der Waals surface area contributed by atoms with Gasteiger partial charge in [0.1, 0.15) is 5.82 Å². The molecule has 4 rings (SSSR count). The summed E-state index contributed by atoms with van der Waals surface area (Å²) in [7, 11) is 3.38. The Kier molecular flexibility index (Phi) is 8.89. The molecule has 3 aromatic rings. The fraction of sp³-hybridized carbons (Fsp3) is 0.208. The molecular weight excluding hydrogens is 504 g/mol. The van der Waals surface area contributed by atoms with Crippen molar-refractivity contribution >= 4 is 62.4 Å². The van der Waals surface area contributed by atoms with Crippen LogP contribution in [-0.2, 0) is 0 Å². The quantitative estimate of drug-likeness (QED) is 0.298. The molecule has 35 heavy (non-hydrogen) atoms. The molecule has 1 saturated heterocycles. The highest BCUT2D eigenvalue weighted by Gasteiger charge is 2.17. The minimum absolute atomic E-state index is 0.283. The van der Waals surface area contributed by atoms with E-state index in [9.17, 15) is 9.59 Å². The van der Waals surface area contributed by atoms with Crippen molar-refractivity contribution in [3.05, 3.63) is 83.0 Å². The highest BCUT2D eigenvalue weighted by molar-refractivity contribution is 8.75. The molecule has 1 aromatic heterocycles. The molecular formula is C24H25ClN6O2S2. The number of halogens is 1. The van der Waals surface area contributed by atoms with Crippen LogP contribution in [0, 0.1) is 0 Å². The van der Waals surface area contributed by atoms with Gasteiger partial charge in [0.25, 0.3) is 11.8 Å². The molecule has 0 aliphatic carbocycles. The minimum Gasteiger partial charge on any atom is -0.354 e. The van der Waals surface area contributed by atoms with Gasteiger partial charge in [0.05, 0.1) is 16.3 Å². The van der Waals surface area contributed by atoms with E-state index in [4.69, 9.17) is 11.6 Å². The third kappa shape index (κ3) is 6.89. The zero-order valence-electron chi connectivity index (χ0n) is 19.0. The van der Waals surface area contributed by atoms with Gasteiger partial charge in [-0.05, 0) is 48.7 Å². The summed E-state index contributed by atoms with van der Waals surface area (Å²) >= 11 is 6.26. The number of anilines is 3. The molecule has 1 fully saturated rings. The molecule has 8 nitrogen and oxygen atoms in total. The fourth-order valence-corrected chi connectivity index (χ4v) is 5.05. The molecule has 0 saturated carbocycles. The number of nitrogens with one attached hydrogen (secondary N) is 3. The van der Waals surface area contributed by atoms with E-state index in [1.54, 1.807) is 76.5 Å². The maximum atomic E-state index is 12.8. The molecule has 0 unspecified atom stereocenters. The Morgan fingerprint density at radius 3 is 2.51 bits per heavy atom. The summed E-state index contributed by atoms with van der Waals surface area (Å²) in [5, 5.41) is 6.01.